The van der Waals surface area contributed by atoms with E-state index in [0.717, 1.165) is 76.0 Å². The van der Waals surface area contributed by atoms with Crippen LogP contribution in [0.4, 0.5) is 0 Å². The molecule has 1 aliphatic carbocycles. The molecule has 310 valence electrons. The lowest BCUT2D eigenvalue weighted by atomic mass is 9.81. The Balaban J connectivity index is 1.35. The third-order valence-corrected chi connectivity index (χ3v) is 14.5. The van der Waals surface area contributed by atoms with E-state index in [1.807, 2.05) is 47.0 Å². The van der Waals surface area contributed by atoms with Crippen LogP contribution >= 0.6 is 0 Å². The van der Waals surface area contributed by atoms with Crippen molar-refractivity contribution in [3.05, 3.63) is 94.6 Å². The Hall–Kier alpha value is -5.27. The summed E-state index contributed by atoms with van der Waals surface area (Å²) < 4.78 is 37.6. The molecule has 0 bridgehead atoms. The first kappa shape index (κ1) is 40.5. The van der Waals surface area contributed by atoms with Gasteiger partial charge in [-0.25, -0.2) is 13.1 Å². The van der Waals surface area contributed by atoms with Crippen molar-refractivity contribution in [2.75, 3.05) is 27.2 Å². The quantitative estimate of drug-likeness (QED) is 0.163. The topological polar surface area (TPSA) is 132 Å². The second-order valence-electron chi connectivity index (χ2n) is 17.0. The Labute approximate surface area is 347 Å². The molecule has 13 heteroatoms. The Kier molecular flexibility index (Phi) is 11.0. The van der Waals surface area contributed by atoms with E-state index < -0.39 is 21.2 Å². The molecule has 1 N–H and O–H groups in total. The van der Waals surface area contributed by atoms with E-state index in [-0.39, 0.29) is 24.4 Å². The zero-order chi connectivity index (χ0) is 41.7. The van der Waals surface area contributed by atoms with Gasteiger partial charge in [-0.05, 0) is 125 Å². The molecule has 2 aromatic carbocycles. The van der Waals surface area contributed by atoms with Crippen molar-refractivity contribution in [1.29, 1.82) is 0 Å². The number of likely N-dealkylation sites (N-methyl/N-ethyl adjacent to an activating group) is 1. The number of carbonyl (C=O) groups is 2. The van der Waals surface area contributed by atoms with Crippen LogP contribution in [-0.2, 0) is 27.8 Å². The molecule has 12 nitrogen and oxygen atoms in total. The molecule has 0 radical (unpaired) electrons. The molecule has 59 heavy (non-hydrogen) atoms. The second-order valence-corrected chi connectivity index (χ2v) is 19.2. The predicted molar refractivity (Wildman–Crippen MR) is 232 cm³/mol. The van der Waals surface area contributed by atoms with Crippen LogP contribution in [0.2, 0.25) is 0 Å². The molecule has 0 unspecified atom stereocenters. The highest BCUT2D eigenvalue weighted by atomic mass is 32.2. The van der Waals surface area contributed by atoms with E-state index in [1.54, 1.807) is 33.4 Å². The minimum atomic E-state index is -3.79. The highest BCUT2D eigenvalue weighted by Gasteiger charge is 2.35. The van der Waals surface area contributed by atoms with Crippen LogP contribution in [0, 0.1) is 6.92 Å². The number of pyridine rings is 1. The van der Waals surface area contributed by atoms with Crippen molar-refractivity contribution < 1.29 is 22.7 Å². The zero-order valence-electron chi connectivity index (χ0n) is 35.2. The monoisotopic (exact) mass is 817 g/mol. The summed E-state index contributed by atoms with van der Waals surface area (Å²) in [6, 6.07) is 14.6. The number of sulfonamides is 1. The van der Waals surface area contributed by atoms with Gasteiger partial charge in [0, 0.05) is 54.0 Å². The average Bonchev–Trinajstić information content (AvgIpc) is 3.73. The van der Waals surface area contributed by atoms with Gasteiger partial charge in [0.05, 0.1) is 54.2 Å². The van der Waals surface area contributed by atoms with Crippen LogP contribution in [-0.4, -0.2) is 93.9 Å². The molecule has 2 fully saturated rings. The molecule has 2 aliphatic heterocycles. The van der Waals surface area contributed by atoms with Crippen LogP contribution in [0.1, 0.15) is 104 Å². The molecular weight excluding hydrogens is 763 g/mol. The Morgan fingerprint density at radius 3 is 2.41 bits per heavy atom. The number of hydrogen-bond donors (Lipinski definition) is 1. The predicted octanol–water partition coefficient (Wildman–Crippen LogP) is 7.37. The smallest absolute Gasteiger partial charge is 0.257 e. The van der Waals surface area contributed by atoms with Crippen molar-refractivity contribution in [2.45, 2.75) is 103 Å². The van der Waals surface area contributed by atoms with Crippen LogP contribution in [0.5, 0.6) is 5.75 Å². The van der Waals surface area contributed by atoms with Crippen molar-refractivity contribution >= 4 is 44.4 Å². The summed E-state index contributed by atoms with van der Waals surface area (Å²) in [5.41, 5.74) is 9.96. The molecule has 1 saturated heterocycles. The van der Waals surface area contributed by atoms with E-state index in [2.05, 4.69) is 64.3 Å². The maximum Gasteiger partial charge on any atom is 0.257 e. The third-order valence-electron chi connectivity index (χ3n) is 12.8. The Morgan fingerprint density at radius 1 is 0.966 bits per heavy atom. The number of piperazine rings is 1. The van der Waals surface area contributed by atoms with Gasteiger partial charge in [0.1, 0.15) is 5.75 Å². The van der Waals surface area contributed by atoms with Gasteiger partial charge in [-0.15, -0.1) is 0 Å². The van der Waals surface area contributed by atoms with Gasteiger partial charge in [-0.2, -0.15) is 5.10 Å². The number of nitrogens with one attached hydrogen (secondary N) is 1. The number of allylic oxidation sites excluding steroid dienone is 1. The number of fused-ring (bicyclic) bond motifs is 5. The number of nitrogens with zero attached hydrogens (tertiary/aromatic N) is 6. The summed E-state index contributed by atoms with van der Waals surface area (Å²) in [7, 11) is -0.00149. The number of aromatic nitrogens is 4. The largest absolute Gasteiger partial charge is 0.497 e. The first-order valence-corrected chi connectivity index (χ1v) is 22.4. The molecule has 5 aromatic rings. The number of ether oxygens (including phenoxy) is 1. The molecule has 1 saturated carbocycles. The minimum absolute atomic E-state index is 0.0640. The molecule has 3 aromatic heterocycles. The van der Waals surface area contributed by atoms with Gasteiger partial charge in [-0.3, -0.25) is 24.2 Å². The molecule has 0 spiro atoms. The molecule has 2 atom stereocenters. The van der Waals surface area contributed by atoms with E-state index in [4.69, 9.17) is 9.84 Å². The first-order valence-electron chi connectivity index (χ1n) is 20.8. The lowest BCUT2D eigenvalue weighted by Gasteiger charge is -2.42. The SMILES string of the molecule is COc1ccc2c(c1)C=C(c1c(C(=O)N3C[C@@H](C)N(C)[C@@H](C)C3)cnn1-c1ccncc1C)Cn1c-2c(C2CCCCC2)c2ccc(CC(=O)NS(=O)(=O)C(C)C)cc21. The van der Waals surface area contributed by atoms with Crippen LogP contribution in [0.3, 0.4) is 0 Å². The summed E-state index contributed by atoms with van der Waals surface area (Å²) in [6.07, 6.45) is 13.0. The van der Waals surface area contributed by atoms with Crippen LogP contribution in [0.25, 0.3) is 39.5 Å². The van der Waals surface area contributed by atoms with Gasteiger partial charge in [0.15, 0.2) is 0 Å². The number of carbonyl (C=O) groups excluding carboxylic acids is 2. The lowest BCUT2D eigenvalue weighted by Crippen LogP contribution is -2.56. The number of rotatable bonds is 9. The summed E-state index contributed by atoms with van der Waals surface area (Å²) in [5, 5.41) is 5.34. The maximum absolute atomic E-state index is 14.9. The van der Waals surface area contributed by atoms with E-state index in [0.29, 0.717) is 42.4 Å². The fraction of sp³-hybridized carbons (Fsp3) is 0.435. The Morgan fingerprint density at radius 2 is 1.71 bits per heavy atom. The maximum atomic E-state index is 14.9. The highest BCUT2D eigenvalue weighted by molar-refractivity contribution is 7.90. The standard InChI is InChI=1S/C46H55N7O5S/c1-28(2)59(56,57)49-42(54)20-32-13-15-38-41(19-32)52-27-35(21-34-22-36(58-7)14-16-37(34)45(52)43(38)33-11-9-8-10-12-33)44-39(24-48-53(44)40-17-18-47-23-29(40)3)46(55)51-25-30(4)50(6)31(5)26-51/h13-19,21-24,28,30-31,33H,8-12,20,25-27H2,1-7H3,(H,49,54)/t30-,31+. The molecule has 3 aliphatic rings. The van der Waals surface area contributed by atoms with E-state index in [9.17, 15) is 18.0 Å². The molecule has 8 rings (SSSR count). The fourth-order valence-electron chi connectivity index (χ4n) is 9.28. The summed E-state index contributed by atoms with van der Waals surface area (Å²) in [5.74, 6) is 0.417. The van der Waals surface area contributed by atoms with Crippen molar-refractivity contribution in [1.82, 2.24) is 33.9 Å². The van der Waals surface area contributed by atoms with Crippen LogP contribution < -0.4 is 9.46 Å². The lowest BCUT2D eigenvalue weighted by molar-refractivity contribution is -0.118. The van der Waals surface area contributed by atoms with Crippen molar-refractivity contribution in [3.63, 3.8) is 0 Å². The number of aryl methyl sites for hydroxylation is 1. The number of methoxy groups -OCH3 is 1. The molecular formula is C46H55N7O5S. The molecule has 2 amide bonds. The second kappa shape index (κ2) is 16.1. The van der Waals surface area contributed by atoms with E-state index in [1.165, 1.54) is 12.0 Å². The van der Waals surface area contributed by atoms with Crippen molar-refractivity contribution in [3.8, 4) is 22.7 Å². The first-order chi connectivity index (χ1) is 28.2. The van der Waals surface area contributed by atoms with E-state index >= 15 is 0 Å². The number of hydrogen-bond acceptors (Lipinski definition) is 8. The highest BCUT2D eigenvalue weighted by Crippen LogP contribution is 2.48. The van der Waals surface area contributed by atoms with Gasteiger partial charge in [-0.1, -0.05) is 31.4 Å². The van der Waals surface area contributed by atoms with Gasteiger partial charge >= 0.3 is 0 Å². The summed E-state index contributed by atoms with van der Waals surface area (Å²) in [6.45, 7) is 11.0. The van der Waals surface area contributed by atoms with Gasteiger partial charge in [0.25, 0.3) is 5.91 Å². The normalized spacial score (nSPS) is 19.0. The summed E-state index contributed by atoms with van der Waals surface area (Å²) in [4.78, 5) is 36.7. The number of benzene rings is 2. The molecule has 5 heterocycles. The van der Waals surface area contributed by atoms with Gasteiger partial charge in [0.2, 0.25) is 15.9 Å². The van der Waals surface area contributed by atoms with Gasteiger partial charge < -0.3 is 14.2 Å². The number of amides is 2. The average molecular weight is 818 g/mol. The van der Waals surface area contributed by atoms with Crippen LogP contribution in [0.15, 0.2) is 61.1 Å². The third kappa shape index (κ3) is 7.59. The van der Waals surface area contributed by atoms with Crippen molar-refractivity contribution in [2.24, 2.45) is 0 Å². The zero-order valence-corrected chi connectivity index (χ0v) is 36.0. The fourth-order valence-corrected chi connectivity index (χ4v) is 9.90. The Bertz CT molecular complexity index is 2570. The minimum Gasteiger partial charge on any atom is -0.497 e. The summed E-state index contributed by atoms with van der Waals surface area (Å²) >= 11 is 0.